The van der Waals surface area contributed by atoms with Crippen LogP contribution < -0.4 is 5.43 Å². The largest absolute Gasteiger partial charge is 0.502 e. The monoisotopic (exact) mass is 275 g/mol. The van der Waals surface area contributed by atoms with Gasteiger partial charge in [0.2, 0.25) is 11.5 Å². The average molecular weight is 275 g/mol. The van der Waals surface area contributed by atoms with Gasteiger partial charge in [0.1, 0.15) is 0 Å². The molecule has 0 aromatic carbocycles. The van der Waals surface area contributed by atoms with Crippen molar-refractivity contribution >= 4 is 11.8 Å². The maximum atomic E-state index is 11.7. The number of carboxylic acids is 1. The lowest BCUT2D eigenvalue weighted by Crippen LogP contribution is -2.33. The number of carbonyl (C=O) groups excluding carboxylic acids is 1. The van der Waals surface area contributed by atoms with Crippen LogP contribution in [0.2, 0.25) is 0 Å². The summed E-state index contributed by atoms with van der Waals surface area (Å²) in [7, 11) is 0. The molecule has 7 heteroatoms. The van der Waals surface area contributed by atoms with Crippen LogP contribution in [0.3, 0.4) is 0 Å². The summed E-state index contributed by atoms with van der Waals surface area (Å²) in [5.41, 5.74) is 3.91. The number of allylic oxidation sites excluding steroid dienone is 1. The predicted octanol–water partition coefficient (Wildman–Crippen LogP) is 0.381. The van der Waals surface area contributed by atoms with Crippen LogP contribution in [0, 0.1) is 0 Å². The van der Waals surface area contributed by atoms with Crippen molar-refractivity contribution in [1.29, 1.82) is 0 Å². The van der Waals surface area contributed by atoms with Crippen LogP contribution in [0.4, 0.5) is 0 Å². The lowest BCUT2D eigenvalue weighted by atomic mass is 10.2. The topological polar surface area (TPSA) is 103 Å². The van der Waals surface area contributed by atoms with Gasteiger partial charge < -0.3 is 15.6 Å². The minimum atomic E-state index is -1.54. The number of nitrogens with zero attached hydrogens (tertiary/aromatic N) is 2. The number of ketones is 1. The Morgan fingerprint density at radius 3 is 2.85 bits per heavy atom. The number of hydrogen-bond acceptors (Lipinski definition) is 6. The molecule has 1 aromatic heterocycles. The van der Waals surface area contributed by atoms with Crippen LogP contribution in [0.25, 0.3) is 0 Å². The van der Waals surface area contributed by atoms with Crippen LogP contribution in [0.5, 0.6) is 0 Å². The predicted molar refractivity (Wildman–Crippen MR) is 69.2 cm³/mol. The Morgan fingerprint density at radius 2 is 2.20 bits per heavy atom. The van der Waals surface area contributed by atoms with Crippen LogP contribution in [-0.2, 0) is 16.1 Å². The molecule has 20 heavy (non-hydrogen) atoms. The summed E-state index contributed by atoms with van der Waals surface area (Å²) in [6, 6.07) is 5.54. The maximum absolute atomic E-state index is 11.7. The van der Waals surface area contributed by atoms with Gasteiger partial charge in [-0.15, -0.1) is 0 Å². The fourth-order valence-corrected chi connectivity index (χ4v) is 1.67. The molecule has 0 saturated carbocycles. The van der Waals surface area contributed by atoms with Gasteiger partial charge in [-0.1, -0.05) is 6.07 Å². The van der Waals surface area contributed by atoms with E-state index in [4.69, 9.17) is 10.2 Å². The van der Waals surface area contributed by atoms with E-state index < -0.39 is 17.5 Å². The standard InChI is InChI=1S/C13H13N3O4/c17-11(7-12(18)13(19)20)10-4-6-16(15-10)8-9-3-1-2-5-14-9/h1-5,7,15,18H,6,8H2,(H,19,20). The van der Waals surface area contributed by atoms with Crippen molar-refractivity contribution in [3.8, 4) is 0 Å². The third kappa shape index (κ3) is 3.42. The van der Waals surface area contributed by atoms with Crippen molar-refractivity contribution in [3.63, 3.8) is 0 Å². The summed E-state index contributed by atoms with van der Waals surface area (Å²) in [4.78, 5) is 26.3. The number of carbonyl (C=O) groups is 2. The summed E-state index contributed by atoms with van der Waals surface area (Å²) in [6.45, 7) is 0.988. The lowest BCUT2D eigenvalue weighted by Gasteiger charge is -2.16. The summed E-state index contributed by atoms with van der Waals surface area (Å²) in [5, 5.41) is 19.3. The van der Waals surface area contributed by atoms with E-state index >= 15 is 0 Å². The first-order valence-corrected chi connectivity index (χ1v) is 5.86. The zero-order chi connectivity index (χ0) is 14.5. The molecule has 1 aromatic rings. The molecule has 0 spiro atoms. The molecule has 0 radical (unpaired) electrons. The Hall–Kier alpha value is -2.67. The number of nitrogens with one attached hydrogen (secondary N) is 1. The van der Waals surface area contributed by atoms with Crippen LogP contribution in [0.1, 0.15) is 5.69 Å². The van der Waals surface area contributed by atoms with E-state index in [0.717, 1.165) is 5.69 Å². The molecular weight excluding hydrogens is 262 g/mol. The number of aliphatic carboxylic acids is 1. The Kier molecular flexibility index (Phi) is 4.11. The highest BCUT2D eigenvalue weighted by Crippen LogP contribution is 2.09. The van der Waals surface area contributed by atoms with Crippen molar-refractivity contribution < 1.29 is 19.8 Å². The number of aromatic nitrogens is 1. The van der Waals surface area contributed by atoms with Gasteiger partial charge in [-0.3, -0.25) is 9.78 Å². The molecule has 0 unspecified atom stereocenters. The van der Waals surface area contributed by atoms with E-state index in [0.29, 0.717) is 19.2 Å². The SMILES string of the molecule is O=C(O)C(O)=CC(=O)C1=CCN(Cc2ccccn2)N1. The molecular formula is C13H13N3O4. The van der Waals surface area contributed by atoms with Gasteiger partial charge in [0, 0.05) is 18.8 Å². The van der Waals surface area contributed by atoms with Crippen molar-refractivity contribution in [2.75, 3.05) is 6.54 Å². The fourth-order valence-electron chi connectivity index (χ4n) is 1.67. The molecule has 1 aliphatic rings. The van der Waals surface area contributed by atoms with Crippen LogP contribution in [-0.4, -0.2) is 38.5 Å². The molecule has 2 rings (SSSR count). The average Bonchev–Trinajstić information content (AvgIpc) is 2.88. The second-order valence-corrected chi connectivity index (χ2v) is 4.13. The Balaban J connectivity index is 1.93. The number of rotatable bonds is 5. The molecule has 3 N–H and O–H groups in total. The number of aliphatic hydroxyl groups is 1. The molecule has 0 fully saturated rings. The van der Waals surface area contributed by atoms with Gasteiger partial charge >= 0.3 is 5.97 Å². The molecule has 0 atom stereocenters. The highest BCUT2D eigenvalue weighted by molar-refractivity contribution is 6.07. The smallest absolute Gasteiger partial charge is 0.371 e. The van der Waals surface area contributed by atoms with Gasteiger partial charge in [0.25, 0.3) is 0 Å². The fraction of sp³-hybridized carbons (Fsp3) is 0.154. The minimum Gasteiger partial charge on any atom is -0.502 e. The van der Waals surface area contributed by atoms with E-state index in [1.54, 1.807) is 17.3 Å². The lowest BCUT2D eigenvalue weighted by molar-refractivity contribution is -0.135. The second kappa shape index (κ2) is 5.98. The van der Waals surface area contributed by atoms with Gasteiger partial charge in [0.15, 0.2) is 0 Å². The van der Waals surface area contributed by atoms with Crippen LogP contribution in [0.15, 0.2) is 48.0 Å². The van der Waals surface area contributed by atoms with E-state index in [2.05, 4.69) is 10.4 Å². The maximum Gasteiger partial charge on any atom is 0.371 e. The third-order valence-corrected chi connectivity index (χ3v) is 2.63. The molecule has 0 aliphatic carbocycles. The van der Waals surface area contributed by atoms with Crippen molar-refractivity contribution in [2.24, 2.45) is 0 Å². The van der Waals surface area contributed by atoms with Crippen LogP contribution >= 0.6 is 0 Å². The quantitative estimate of drug-likeness (QED) is 0.527. The first kappa shape index (κ1) is 13.8. The summed E-state index contributed by atoms with van der Waals surface area (Å²) in [5.74, 6) is -3.11. The number of carboxylic acid groups (broad SMARTS) is 1. The van der Waals surface area contributed by atoms with Crippen molar-refractivity contribution in [1.82, 2.24) is 15.4 Å². The first-order valence-electron chi connectivity index (χ1n) is 5.86. The number of hydrogen-bond donors (Lipinski definition) is 3. The molecule has 0 saturated heterocycles. The zero-order valence-corrected chi connectivity index (χ0v) is 10.5. The second-order valence-electron chi connectivity index (χ2n) is 4.13. The summed E-state index contributed by atoms with van der Waals surface area (Å²) >= 11 is 0. The van der Waals surface area contributed by atoms with E-state index in [1.165, 1.54) is 0 Å². The highest BCUT2D eigenvalue weighted by Gasteiger charge is 2.19. The number of hydrazine groups is 1. The highest BCUT2D eigenvalue weighted by atomic mass is 16.4. The summed E-state index contributed by atoms with van der Waals surface area (Å²) in [6.07, 6.45) is 3.97. The van der Waals surface area contributed by atoms with E-state index in [9.17, 15) is 9.59 Å². The van der Waals surface area contributed by atoms with Crippen molar-refractivity contribution in [2.45, 2.75) is 6.54 Å². The number of aliphatic hydroxyl groups excluding tert-OH is 1. The molecule has 2 heterocycles. The summed E-state index contributed by atoms with van der Waals surface area (Å²) < 4.78 is 0. The molecule has 0 amide bonds. The Bertz CT molecular complexity index is 581. The Morgan fingerprint density at radius 1 is 1.40 bits per heavy atom. The normalized spacial score (nSPS) is 15.6. The molecule has 0 bridgehead atoms. The van der Waals surface area contributed by atoms with E-state index in [-0.39, 0.29) is 5.70 Å². The van der Waals surface area contributed by atoms with Crippen molar-refractivity contribution in [3.05, 3.63) is 53.7 Å². The first-order chi connectivity index (χ1) is 9.56. The third-order valence-electron chi connectivity index (χ3n) is 2.63. The van der Waals surface area contributed by atoms with Gasteiger partial charge in [-0.05, 0) is 18.2 Å². The molecule has 1 aliphatic heterocycles. The number of pyridine rings is 1. The Labute approximate surface area is 114 Å². The zero-order valence-electron chi connectivity index (χ0n) is 10.5. The van der Waals surface area contributed by atoms with Gasteiger partial charge in [0.05, 0.1) is 17.9 Å². The van der Waals surface area contributed by atoms with Gasteiger partial charge in [-0.2, -0.15) is 0 Å². The molecule has 7 nitrogen and oxygen atoms in total. The minimum absolute atomic E-state index is 0.230. The van der Waals surface area contributed by atoms with E-state index in [1.807, 2.05) is 18.2 Å². The molecule has 104 valence electrons. The van der Waals surface area contributed by atoms with Gasteiger partial charge in [-0.25, -0.2) is 9.80 Å².